The van der Waals surface area contributed by atoms with Crippen LogP contribution < -0.4 is 20.9 Å². The first-order valence-corrected chi connectivity index (χ1v) is 19.3. The number of β-lactam (4-membered cyclic amide) rings is 1. The van der Waals surface area contributed by atoms with Crippen molar-refractivity contribution < 1.29 is 48.0 Å². The molecule has 6 N–H and O–H groups in total. The molecule has 7 rings (SSSR count). The number of anilines is 2. The smallest absolute Gasteiger partial charge is 0.352 e. The number of oxime groups is 1. The van der Waals surface area contributed by atoms with E-state index < -0.39 is 40.9 Å². The number of carbonyl (C=O) groups is 5. The highest BCUT2D eigenvalue weighted by Crippen LogP contribution is 2.41. The van der Waals surface area contributed by atoms with Crippen LogP contribution in [0, 0.1) is 5.82 Å². The van der Waals surface area contributed by atoms with E-state index in [0.717, 1.165) is 53.5 Å². The number of nitrogens with one attached hydrogen (secondary N) is 2. The van der Waals surface area contributed by atoms with Crippen molar-refractivity contribution in [2.75, 3.05) is 23.3 Å². The molecule has 0 bridgehead atoms. The lowest BCUT2D eigenvalue weighted by Gasteiger charge is -2.49. The highest BCUT2D eigenvalue weighted by molar-refractivity contribution is 8.00. The summed E-state index contributed by atoms with van der Waals surface area (Å²) in [4.78, 5) is 77.8. The Bertz CT molecular complexity index is 2150. The minimum atomic E-state index is -1.33. The number of nitrogen functional groups attached to an aromatic ring is 1. The number of carbonyl (C=O) groups excluding carboxylic acids is 4. The van der Waals surface area contributed by atoms with Gasteiger partial charge in [0.15, 0.2) is 23.2 Å². The minimum Gasteiger partial charge on any atom is -0.508 e. The number of carboxylic acids is 1. The first-order valence-electron chi connectivity index (χ1n) is 17.4. The lowest BCUT2D eigenvalue weighted by molar-refractivity contribution is -0.684. The zero-order chi connectivity index (χ0) is 38.8. The SMILES string of the molecule is Nc1nc(/C(=N/OC2CCCC2)C(=O)N[C@@H]2C(=O)N3C(C(=O)O)=C(/C=C4\CCN(Cc5cc[n+](CC(=O)Nc6ccc(O)cc6F)cc5)C4=O)CS[C@H]23)cs1. The number of rotatable bonds is 12. The zero-order valence-electron chi connectivity index (χ0n) is 29.1. The Labute approximate surface area is 321 Å². The molecule has 19 heteroatoms. The van der Waals surface area contributed by atoms with Crippen LogP contribution in [0.25, 0.3) is 0 Å². The summed E-state index contributed by atoms with van der Waals surface area (Å²) in [6.07, 6.45) is 8.71. The molecule has 2 saturated heterocycles. The predicted octanol–water partition coefficient (Wildman–Crippen LogP) is 2.26. The summed E-state index contributed by atoms with van der Waals surface area (Å²) in [5, 5.41) is 29.9. The maximum absolute atomic E-state index is 14.0. The summed E-state index contributed by atoms with van der Waals surface area (Å²) < 4.78 is 15.6. The number of amides is 4. The van der Waals surface area contributed by atoms with Crippen LogP contribution in [0.4, 0.5) is 15.2 Å². The number of thioether (sulfide) groups is 1. The molecule has 0 unspecified atom stereocenters. The molecule has 2 aromatic heterocycles. The fourth-order valence-corrected chi connectivity index (χ4v) is 8.58. The standard InChI is InChI=1S/C36H35FN8O8S2/c37-24-14-22(46)5-6-25(24)39-27(47)16-43-10-7-19(8-11-43)15-44-12-9-20(32(44)49)13-21-17-54-34-29(33(50)45(34)30(21)35(51)52)41-31(48)28(26-18-55-36(38)40-26)42-53-23-3-1-2-4-23/h5-8,10-11,13-14,18,23,29,34H,1-4,9,12,15-17H2,(H5-,38,39,40,41,42,46,47,48,51,52)/p+1/b20-13+/t29-,34-/m1/s1. The quantitative estimate of drug-likeness (QED) is 0.0447. The van der Waals surface area contributed by atoms with Gasteiger partial charge in [-0.25, -0.2) is 14.2 Å². The van der Waals surface area contributed by atoms with Gasteiger partial charge in [-0.1, -0.05) is 5.16 Å². The van der Waals surface area contributed by atoms with E-state index in [0.29, 0.717) is 24.1 Å². The third-order valence-corrected chi connectivity index (χ3v) is 11.5. The number of hydrogen-bond donors (Lipinski definition) is 5. The number of aliphatic carboxylic acids is 1. The van der Waals surface area contributed by atoms with Crippen LogP contribution in [0.15, 0.2) is 76.2 Å². The van der Waals surface area contributed by atoms with Crippen LogP contribution >= 0.6 is 23.1 Å². The van der Waals surface area contributed by atoms with Gasteiger partial charge in [0.2, 0.25) is 12.5 Å². The first kappa shape index (κ1) is 37.5. The molecule has 3 aromatic rings. The third-order valence-electron chi connectivity index (χ3n) is 9.51. The number of phenols is 1. The van der Waals surface area contributed by atoms with Crippen LogP contribution in [0.2, 0.25) is 0 Å². The fourth-order valence-electron chi connectivity index (χ4n) is 6.73. The molecule has 4 amide bonds. The number of carboxylic acid groups (broad SMARTS) is 1. The number of nitrogens with zero attached hydrogens (tertiary/aromatic N) is 5. The van der Waals surface area contributed by atoms with Gasteiger partial charge in [0.1, 0.15) is 40.5 Å². The Hall–Kier alpha value is -5.82. The third kappa shape index (κ3) is 8.16. The number of hydrogen-bond acceptors (Lipinski definition) is 12. The average Bonchev–Trinajstić information content (AvgIpc) is 3.92. The normalized spacial score (nSPS) is 20.8. The van der Waals surface area contributed by atoms with Gasteiger partial charge in [-0.3, -0.25) is 24.1 Å². The highest BCUT2D eigenvalue weighted by Gasteiger charge is 2.54. The molecule has 2 atom stereocenters. The van der Waals surface area contributed by atoms with Crippen molar-refractivity contribution in [2.45, 2.75) is 62.7 Å². The molecule has 1 aliphatic carbocycles. The van der Waals surface area contributed by atoms with E-state index in [1.165, 1.54) is 23.9 Å². The molecule has 16 nitrogen and oxygen atoms in total. The average molecular weight is 792 g/mol. The topological polar surface area (TPSA) is 221 Å². The Morgan fingerprint density at radius 2 is 1.93 bits per heavy atom. The molecule has 5 heterocycles. The number of benzene rings is 1. The molecular weight excluding hydrogens is 756 g/mol. The number of likely N-dealkylation sites (tertiary alicyclic amines) is 1. The fraction of sp³-hybridized carbons (Fsp3) is 0.333. The number of aromatic hydroxyl groups is 1. The van der Waals surface area contributed by atoms with Crippen LogP contribution in [0.5, 0.6) is 5.75 Å². The van der Waals surface area contributed by atoms with Gasteiger partial charge >= 0.3 is 5.97 Å². The second-order valence-corrected chi connectivity index (χ2v) is 15.3. The molecule has 0 radical (unpaired) electrons. The second kappa shape index (κ2) is 15.9. The molecule has 1 aromatic carbocycles. The van der Waals surface area contributed by atoms with Gasteiger partial charge in [-0.05, 0) is 61.4 Å². The number of aromatic nitrogens is 2. The number of pyridine rings is 1. The van der Waals surface area contributed by atoms with Crippen LogP contribution in [-0.4, -0.2) is 90.1 Å². The molecule has 0 spiro atoms. The number of thiazole rings is 1. The zero-order valence-corrected chi connectivity index (χ0v) is 30.8. The largest absolute Gasteiger partial charge is 0.508 e. The second-order valence-electron chi connectivity index (χ2n) is 13.3. The lowest BCUT2D eigenvalue weighted by atomic mass is 10.0. The number of phenolic OH excluding ortho intramolecular Hbond substituents is 1. The monoisotopic (exact) mass is 791 g/mol. The molecule has 1 saturated carbocycles. The summed E-state index contributed by atoms with van der Waals surface area (Å²) in [5.41, 5.74) is 7.07. The van der Waals surface area contributed by atoms with E-state index in [2.05, 4.69) is 20.8 Å². The molecule has 286 valence electrons. The van der Waals surface area contributed by atoms with E-state index in [-0.39, 0.29) is 64.5 Å². The van der Waals surface area contributed by atoms with E-state index >= 15 is 0 Å². The Balaban J connectivity index is 0.979. The number of allylic oxidation sites excluding steroid dienone is 1. The van der Waals surface area contributed by atoms with Crippen molar-refractivity contribution in [3.63, 3.8) is 0 Å². The van der Waals surface area contributed by atoms with Crippen molar-refractivity contribution in [2.24, 2.45) is 5.16 Å². The number of halogens is 1. The van der Waals surface area contributed by atoms with E-state index in [9.17, 15) is 38.6 Å². The summed E-state index contributed by atoms with van der Waals surface area (Å²) in [7, 11) is 0. The van der Waals surface area contributed by atoms with Gasteiger partial charge in [0, 0.05) is 48.0 Å². The summed E-state index contributed by atoms with van der Waals surface area (Å²) in [5.74, 6) is -4.23. The van der Waals surface area contributed by atoms with Gasteiger partial charge < -0.3 is 36.3 Å². The molecule has 55 heavy (non-hydrogen) atoms. The van der Waals surface area contributed by atoms with Crippen molar-refractivity contribution in [3.8, 4) is 5.75 Å². The van der Waals surface area contributed by atoms with Crippen LogP contribution in [0.1, 0.15) is 43.4 Å². The van der Waals surface area contributed by atoms with Crippen molar-refractivity contribution in [1.29, 1.82) is 0 Å². The Morgan fingerprint density at radius 1 is 1.16 bits per heavy atom. The van der Waals surface area contributed by atoms with Crippen LogP contribution in [-0.2, 0) is 41.9 Å². The van der Waals surface area contributed by atoms with Gasteiger partial charge in [-0.15, -0.1) is 23.1 Å². The summed E-state index contributed by atoms with van der Waals surface area (Å²) in [6.45, 7) is 0.552. The van der Waals surface area contributed by atoms with E-state index in [4.69, 9.17) is 10.6 Å². The number of fused-ring (bicyclic) bond motifs is 1. The maximum atomic E-state index is 14.0. The van der Waals surface area contributed by atoms with Gasteiger partial charge in [0.25, 0.3) is 17.7 Å². The van der Waals surface area contributed by atoms with Crippen molar-refractivity contribution in [3.05, 3.63) is 88.1 Å². The Morgan fingerprint density at radius 3 is 2.62 bits per heavy atom. The molecule has 3 aliphatic heterocycles. The summed E-state index contributed by atoms with van der Waals surface area (Å²) in [6, 6.07) is 5.90. The minimum absolute atomic E-state index is 0.0574. The van der Waals surface area contributed by atoms with Crippen molar-refractivity contribution >= 4 is 69.2 Å². The maximum Gasteiger partial charge on any atom is 0.352 e. The van der Waals surface area contributed by atoms with E-state index in [1.807, 2.05) is 0 Å². The molecule has 3 fully saturated rings. The predicted molar refractivity (Wildman–Crippen MR) is 198 cm³/mol. The first-order chi connectivity index (χ1) is 26.4. The van der Waals surface area contributed by atoms with Crippen LogP contribution in [0.3, 0.4) is 0 Å². The van der Waals surface area contributed by atoms with Crippen molar-refractivity contribution in [1.82, 2.24) is 20.1 Å². The van der Waals surface area contributed by atoms with Gasteiger partial charge in [0.05, 0.1) is 5.69 Å². The number of nitrogens with two attached hydrogens (primary N) is 1. The molecule has 4 aliphatic rings. The summed E-state index contributed by atoms with van der Waals surface area (Å²) >= 11 is 2.40. The van der Waals surface area contributed by atoms with E-state index in [1.54, 1.807) is 45.4 Å². The molecular formula is C36H36FN8O8S2+. The Kier molecular flexibility index (Phi) is 10.8. The highest BCUT2D eigenvalue weighted by atomic mass is 32.2. The lowest BCUT2D eigenvalue weighted by Crippen LogP contribution is -2.71. The van der Waals surface area contributed by atoms with Gasteiger partial charge in [-0.2, -0.15) is 4.57 Å².